The van der Waals surface area contributed by atoms with Crippen LogP contribution < -0.4 is 11.1 Å². The fourth-order valence-electron chi connectivity index (χ4n) is 2.10. The number of ether oxygens (including phenoxy) is 1. The van der Waals surface area contributed by atoms with Crippen LogP contribution in [0.2, 0.25) is 0 Å². The standard InChI is InChI=1S/C16H25N3O2.2ClH/c1-16(2,12-17)15(20)18-14-5-3-13(4-6-14)11-19-7-9-21-10-8-19;;/h3-6H,7-12,17H2,1-2H3,(H,18,20);2*1H. The summed E-state index contributed by atoms with van der Waals surface area (Å²) in [6, 6.07) is 8.00. The van der Waals surface area contributed by atoms with Crippen molar-refractivity contribution in [2.45, 2.75) is 20.4 Å². The summed E-state index contributed by atoms with van der Waals surface area (Å²) in [5.41, 5.74) is 7.12. The van der Waals surface area contributed by atoms with Gasteiger partial charge in [-0.25, -0.2) is 0 Å². The van der Waals surface area contributed by atoms with E-state index in [-0.39, 0.29) is 30.7 Å². The molecule has 0 atom stereocenters. The fourth-order valence-corrected chi connectivity index (χ4v) is 2.10. The molecule has 1 saturated heterocycles. The van der Waals surface area contributed by atoms with Crippen LogP contribution in [0.1, 0.15) is 19.4 Å². The van der Waals surface area contributed by atoms with Crippen molar-refractivity contribution in [3.8, 4) is 0 Å². The first kappa shape index (κ1) is 22.1. The predicted octanol–water partition coefficient (Wildman–Crippen LogP) is 2.29. The third kappa shape index (κ3) is 6.65. The molecule has 0 bridgehead atoms. The van der Waals surface area contributed by atoms with Crippen molar-refractivity contribution < 1.29 is 9.53 Å². The molecule has 1 aromatic carbocycles. The first-order valence-electron chi connectivity index (χ1n) is 7.42. The van der Waals surface area contributed by atoms with Crippen LogP contribution in [0.4, 0.5) is 5.69 Å². The minimum absolute atomic E-state index is 0. The van der Waals surface area contributed by atoms with E-state index >= 15 is 0 Å². The summed E-state index contributed by atoms with van der Waals surface area (Å²) in [7, 11) is 0. The Labute approximate surface area is 150 Å². The molecule has 0 saturated carbocycles. The molecule has 1 aliphatic heterocycles. The van der Waals surface area contributed by atoms with Gasteiger partial charge in [-0.15, -0.1) is 24.8 Å². The Balaban J connectivity index is 0.00000242. The molecule has 1 fully saturated rings. The second kappa shape index (κ2) is 10.1. The number of benzene rings is 1. The van der Waals surface area contributed by atoms with Crippen LogP contribution in [0.25, 0.3) is 0 Å². The SMILES string of the molecule is CC(C)(CN)C(=O)Nc1ccc(CN2CCOCC2)cc1.Cl.Cl. The molecule has 0 radical (unpaired) electrons. The summed E-state index contributed by atoms with van der Waals surface area (Å²) in [5.74, 6) is -0.0501. The zero-order valence-electron chi connectivity index (χ0n) is 13.7. The molecule has 0 aliphatic carbocycles. The Bertz CT molecular complexity index is 475. The number of nitrogens with two attached hydrogens (primary N) is 1. The Kier molecular flexibility index (Phi) is 9.73. The van der Waals surface area contributed by atoms with E-state index in [0.717, 1.165) is 38.5 Å². The molecule has 1 aliphatic rings. The number of rotatable bonds is 5. The summed E-state index contributed by atoms with van der Waals surface area (Å²) in [4.78, 5) is 14.4. The van der Waals surface area contributed by atoms with Gasteiger partial charge in [0.1, 0.15) is 0 Å². The topological polar surface area (TPSA) is 67.6 Å². The highest BCUT2D eigenvalue weighted by Crippen LogP contribution is 2.18. The van der Waals surface area contributed by atoms with Gasteiger partial charge in [0, 0.05) is 31.9 Å². The van der Waals surface area contributed by atoms with Crippen LogP contribution >= 0.6 is 24.8 Å². The summed E-state index contributed by atoms with van der Waals surface area (Å²) in [6.45, 7) is 8.50. The summed E-state index contributed by atoms with van der Waals surface area (Å²) >= 11 is 0. The Morgan fingerprint density at radius 3 is 2.30 bits per heavy atom. The highest BCUT2D eigenvalue weighted by Gasteiger charge is 2.25. The van der Waals surface area contributed by atoms with Crippen LogP contribution in [0.3, 0.4) is 0 Å². The minimum Gasteiger partial charge on any atom is -0.379 e. The molecule has 132 valence electrons. The van der Waals surface area contributed by atoms with E-state index in [4.69, 9.17) is 10.5 Å². The lowest BCUT2D eigenvalue weighted by Gasteiger charge is -2.26. The minimum atomic E-state index is -0.549. The van der Waals surface area contributed by atoms with E-state index in [1.807, 2.05) is 26.0 Å². The molecular formula is C16H27Cl2N3O2. The van der Waals surface area contributed by atoms with Gasteiger partial charge < -0.3 is 15.8 Å². The van der Waals surface area contributed by atoms with Crippen LogP contribution in [0.5, 0.6) is 0 Å². The van der Waals surface area contributed by atoms with E-state index in [2.05, 4.69) is 22.3 Å². The van der Waals surface area contributed by atoms with Crippen molar-refractivity contribution in [1.29, 1.82) is 0 Å². The lowest BCUT2D eigenvalue weighted by molar-refractivity contribution is -0.123. The molecule has 3 N–H and O–H groups in total. The largest absolute Gasteiger partial charge is 0.379 e. The normalized spacial score (nSPS) is 15.3. The van der Waals surface area contributed by atoms with Crippen LogP contribution in [0, 0.1) is 5.41 Å². The number of anilines is 1. The number of nitrogens with one attached hydrogen (secondary N) is 1. The number of hydrogen-bond acceptors (Lipinski definition) is 4. The van der Waals surface area contributed by atoms with Gasteiger partial charge in [0.25, 0.3) is 0 Å². The lowest BCUT2D eigenvalue weighted by Crippen LogP contribution is -2.37. The smallest absolute Gasteiger partial charge is 0.231 e. The second-order valence-corrected chi connectivity index (χ2v) is 6.13. The molecule has 0 spiro atoms. The molecule has 0 aromatic heterocycles. The monoisotopic (exact) mass is 363 g/mol. The molecule has 1 aromatic rings. The van der Waals surface area contributed by atoms with Crippen molar-refractivity contribution >= 4 is 36.4 Å². The molecule has 1 amide bonds. The lowest BCUT2D eigenvalue weighted by atomic mass is 9.92. The molecular weight excluding hydrogens is 337 g/mol. The van der Waals surface area contributed by atoms with Crippen LogP contribution in [0.15, 0.2) is 24.3 Å². The van der Waals surface area contributed by atoms with Gasteiger partial charge in [-0.3, -0.25) is 9.69 Å². The van der Waals surface area contributed by atoms with E-state index in [0.29, 0.717) is 6.54 Å². The zero-order valence-corrected chi connectivity index (χ0v) is 15.3. The summed E-state index contributed by atoms with van der Waals surface area (Å²) in [6.07, 6.45) is 0. The fraction of sp³-hybridized carbons (Fsp3) is 0.562. The first-order chi connectivity index (χ1) is 10.0. The number of nitrogens with zero attached hydrogens (tertiary/aromatic N) is 1. The molecule has 1 heterocycles. The molecule has 7 heteroatoms. The van der Waals surface area contributed by atoms with Crippen molar-refractivity contribution in [2.24, 2.45) is 11.1 Å². The summed E-state index contributed by atoms with van der Waals surface area (Å²) < 4.78 is 5.34. The Hall–Kier alpha value is -0.850. The van der Waals surface area contributed by atoms with Gasteiger partial charge in [0.05, 0.1) is 18.6 Å². The third-order valence-electron chi connectivity index (χ3n) is 3.85. The average Bonchev–Trinajstić information content (AvgIpc) is 2.50. The maximum Gasteiger partial charge on any atom is 0.231 e. The number of carbonyl (C=O) groups excluding carboxylic acids is 1. The van der Waals surface area contributed by atoms with Crippen LogP contribution in [-0.4, -0.2) is 43.7 Å². The number of morpholine rings is 1. The number of carbonyl (C=O) groups is 1. The van der Waals surface area contributed by atoms with E-state index in [1.165, 1.54) is 5.56 Å². The molecule has 0 unspecified atom stereocenters. The first-order valence-corrected chi connectivity index (χ1v) is 7.42. The number of amides is 1. The van der Waals surface area contributed by atoms with Gasteiger partial charge in [-0.1, -0.05) is 12.1 Å². The van der Waals surface area contributed by atoms with Gasteiger partial charge in [0.2, 0.25) is 5.91 Å². The molecule has 2 rings (SSSR count). The highest BCUT2D eigenvalue weighted by atomic mass is 35.5. The van der Waals surface area contributed by atoms with Crippen molar-refractivity contribution in [2.75, 3.05) is 38.2 Å². The Morgan fingerprint density at radius 1 is 1.22 bits per heavy atom. The van der Waals surface area contributed by atoms with Gasteiger partial charge >= 0.3 is 0 Å². The molecule has 23 heavy (non-hydrogen) atoms. The summed E-state index contributed by atoms with van der Waals surface area (Å²) in [5, 5.41) is 2.91. The van der Waals surface area contributed by atoms with Gasteiger partial charge in [-0.05, 0) is 31.5 Å². The average molecular weight is 364 g/mol. The van der Waals surface area contributed by atoms with E-state index in [1.54, 1.807) is 0 Å². The highest BCUT2D eigenvalue weighted by molar-refractivity contribution is 5.94. The predicted molar refractivity (Wildman–Crippen MR) is 98.5 cm³/mol. The molecule has 5 nitrogen and oxygen atoms in total. The zero-order chi connectivity index (χ0) is 15.3. The van der Waals surface area contributed by atoms with E-state index < -0.39 is 5.41 Å². The second-order valence-electron chi connectivity index (χ2n) is 6.13. The number of hydrogen-bond donors (Lipinski definition) is 2. The van der Waals surface area contributed by atoms with Crippen molar-refractivity contribution in [3.63, 3.8) is 0 Å². The quantitative estimate of drug-likeness (QED) is 0.841. The maximum atomic E-state index is 12.1. The van der Waals surface area contributed by atoms with Gasteiger partial charge in [0.15, 0.2) is 0 Å². The van der Waals surface area contributed by atoms with Crippen molar-refractivity contribution in [3.05, 3.63) is 29.8 Å². The maximum absolute atomic E-state index is 12.1. The van der Waals surface area contributed by atoms with Gasteiger partial charge in [-0.2, -0.15) is 0 Å². The van der Waals surface area contributed by atoms with Crippen molar-refractivity contribution in [1.82, 2.24) is 4.90 Å². The number of halogens is 2. The van der Waals surface area contributed by atoms with Crippen LogP contribution in [-0.2, 0) is 16.1 Å². The van der Waals surface area contributed by atoms with E-state index in [9.17, 15) is 4.79 Å². The third-order valence-corrected chi connectivity index (χ3v) is 3.85. The Morgan fingerprint density at radius 2 is 1.78 bits per heavy atom.